The quantitative estimate of drug-likeness (QED) is 0.643. The fraction of sp³-hybridized carbons (Fsp3) is 0.333. The standard InChI is InChI=1S/C21H23N5O4/c1-14(27)22-16-4-6-17(7-5-16)23-19(28)13-26-10-8-15(9-11-26)20-24-25-21(30-20)18-3-2-12-29-18/h2-7,12,15H,8-11,13H2,1H3,(H,22,27)(H,23,28). The van der Waals surface area contributed by atoms with Gasteiger partial charge in [-0.25, -0.2) is 0 Å². The minimum Gasteiger partial charge on any atom is -0.459 e. The molecule has 1 fully saturated rings. The first kappa shape index (κ1) is 19.8. The summed E-state index contributed by atoms with van der Waals surface area (Å²) in [6.45, 7) is 3.33. The van der Waals surface area contributed by atoms with Crippen molar-refractivity contribution in [3.05, 3.63) is 48.6 Å². The second-order valence-corrected chi connectivity index (χ2v) is 7.28. The number of carbonyl (C=O) groups is 2. The van der Waals surface area contributed by atoms with Gasteiger partial charge in [0.25, 0.3) is 5.89 Å². The van der Waals surface area contributed by atoms with E-state index in [9.17, 15) is 9.59 Å². The number of rotatable bonds is 6. The zero-order valence-electron chi connectivity index (χ0n) is 16.6. The van der Waals surface area contributed by atoms with Gasteiger partial charge in [-0.3, -0.25) is 14.5 Å². The van der Waals surface area contributed by atoms with E-state index in [1.807, 2.05) is 0 Å². The zero-order chi connectivity index (χ0) is 20.9. The number of hydrogen-bond acceptors (Lipinski definition) is 7. The molecule has 30 heavy (non-hydrogen) atoms. The summed E-state index contributed by atoms with van der Waals surface area (Å²) in [5.41, 5.74) is 1.39. The van der Waals surface area contributed by atoms with Gasteiger partial charge in [0, 0.05) is 24.2 Å². The predicted octanol–water partition coefficient (Wildman–Crippen LogP) is 3.11. The molecule has 0 spiro atoms. The van der Waals surface area contributed by atoms with E-state index in [0.29, 0.717) is 35.5 Å². The summed E-state index contributed by atoms with van der Waals surface area (Å²) >= 11 is 0. The Morgan fingerprint density at radius 3 is 2.40 bits per heavy atom. The number of hydrogen-bond donors (Lipinski definition) is 2. The van der Waals surface area contributed by atoms with Crippen LogP contribution in [-0.4, -0.2) is 46.5 Å². The lowest BCUT2D eigenvalue weighted by atomic mass is 9.97. The Bertz CT molecular complexity index is 989. The molecule has 0 radical (unpaired) electrons. The van der Waals surface area contributed by atoms with Gasteiger partial charge in [-0.15, -0.1) is 10.2 Å². The monoisotopic (exact) mass is 409 g/mol. The van der Waals surface area contributed by atoms with E-state index in [0.717, 1.165) is 25.9 Å². The number of aromatic nitrogens is 2. The molecule has 1 aliphatic heterocycles. The van der Waals surface area contributed by atoms with E-state index in [-0.39, 0.29) is 17.7 Å². The third-order valence-corrected chi connectivity index (χ3v) is 4.97. The maximum atomic E-state index is 12.4. The Morgan fingerprint density at radius 2 is 1.77 bits per heavy atom. The summed E-state index contributed by atoms with van der Waals surface area (Å²) in [6.07, 6.45) is 3.26. The summed E-state index contributed by atoms with van der Waals surface area (Å²) in [6, 6.07) is 10.6. The SMILES string of the molecule is CC(=O)Nc1ccc(NC(=O)CN2CCC(c3nnc(-c4ccco4)o3)CC2)cc1. The van der Waals surface area contributed by atoms with Crippen molar-refractivity contribution in [2.75, 3.05) is 30.3 Å². The van der Waals surface area contributed by atoms with Crippen molar-refractivity contribution in [1.82, 2.24) is 15.1 Å². The lowest BCUT2D eigenvalue weighted by molar-refractivity contribution is -0.117. The number of benzene rings is 1. The highest BCUT2D eigenvalue weighted by Gasteiger charge is 2.26. The van der Waals surface area contributed by atoms with E-state index >= 15 is 0 Å². The second kappa shape index (κ2) is 8.91. The molecule has 0 aliphatic carbocycles. The van der Waals surface area contributed by atoms with E-state index < -0.39 is 0 Å². The molecule has 0 bridgehead atoms. The van der Waals surface area contributed by atoms with Crippen LogP contribution in [-0.2, 0) is 9.59 Å². The van der Waals surface area contributed by atoms with Crippen molar-refractivity contribution >= 4 is 23.2 Å². The Kier molecular flexibility index (Phi) is 5.89. The third kappa shape index (κ3) is 4.93. The number of amides is 2. The van der Waals surface area contributed by atoms with Crippen LogP contribution in [0.5, 0.6) is 0 Å². The Morgan fingerprint density at radius 1 is 1.07 bits per heavy atom. The number of nitrogens with zero attached hydrogens (tertiary/aromatic N) is 3. The zero-order valence-corrected chi connectivity index (χ0v) is 16.6. The van der Waals surface area contributed by atoms with Crippen molar-refractivity contribution in [3.63, 3.8) is 0 Å². The van der Waals surface area contributed by atoms with E-state index in [4.69, 9.17) is 8.83 Å². The third-order valence-electron chi connectivity index (χ3n) is 4.97. The normalized spacial score (nSPS) is 15.1. The number of piperidine rings is 1. The number of likely N-dealkylation sites (tertiary alicyclic amines) is 1. The number of carbonyl (C=O) groups excluding carboxylic acids is 2. The summed E-state index contributed by atoms with van der Waals surface area (Å²) in [4.78, 5) is 25.5. The van der Waals surface area contributed by atoms with Gasteiger partial charge < -0.3 is 19.5 Å². The smallest absolute Gasteiger partial charge is 0.283 e. The molecular formula is C21H23N5O4. The first-order valence-corrected chi connectivity index (χ1v) is 9.84. The molecule has 1 aliphatic rings. The van der Waals surface area contributed by atoms with Crippen LogP contribution >= 0.6 is 0 Å². The highest BCUT2D eigenvalue weighted by atomic mass is 16.4. The molecule has 156 valence electrons. The minimum absolute atomic E-state index is 0.0707. The van der Waals surface area contributed by atoms with Gasteiger partial charge in [0.2, 0.25) is 17.7 Å². The first-order chi connectivity index (χ1) is 14.6. The lowest BCUT2D eigenvalue weighted by Crippen LogP contribution is -2.38. The van der Waals surface area contributed by atoms with Crippen LogP contribution in [0.1, 0.15) is 31.6 Å². The Hall–Kier alpha value is -3.46. The summed E-state index contributed by atoms with van der Waals surface area (Å²) in [7, 11) is 0. The molecule has 2 N–H and O–H groups in total. The van der Waals surface area contributed by atoms with Gasteiger partial charge in [0.15, 0.2) is 5.76 Å². The average Bonchev–Trinajstić information content (AvgIpc) is 3.41. The molecule has 1 aromatic carbocycles. The number of furan rings is 1. The molecule has 9 heteroatoms. The van der Waals surface area contributed by atoms with E-state index in [2.05, 4.69) is 25.7 Å². The molecular weight excluding hydrogens is 386 g/mol. The van der Waals surface area contributed by atoms with Gasteiger partial charge in [0.1, 0.15) is 0 Å². The van der Waals surface area contributed by atoms with Crippen LogP contribution in [0.15, 0.2) is 51.5 Å². The van der Waals surface area contributed by atoms with Crippen LogP contribution in [0, 0.1) is 0 Å². The fourth-order valence-electron chi connectivity index (χ4n) is 3.48. The Labute approximate surface area is 173 Å². The molecule has 2 aromatic heterocycles. The fourth-order valence-corrected chi connectivity index (χ4v) is 3.48. The largest absolute Gasteiger partial charge is 0.459 e. The Balaban J connectivity index is 1.24. The average molecular weight is 409 g/mol. The van der Waals surface area contributed by atoms with Gasteiger partial charge in [-0.2, -0.15) is 0 Å². The van der Waals surface area contributed by atoms with E-state index in [1.54, 1.807) is 42.7 Å². The second-order valence-electron chi connectivity index (χ2n) is 7.28. The maximum Gasteiger partial charge on any atom is 0.283 e. The summed E-state index contributed by atoms with van der Waals surface area (Å²) < 4.78 is 11.0. The maximum absolute atomic E-state index is 12.4. The minimum atomic E-state index is -0.132. The van der Waals surface area contributed by atoms with Gasteiger partial charge >= 0.3 is 0 Å². The molecule has 3 heterocycles. The van der Waals surface area contributed by atoms with Gasteiger partial charge in [0.05, 0.1) is 12.8 Å². The number of nitrogens with one attached hydrogen (secondary N) is 2. The van der Waals surface area contributed by atoms with Crippen LogP contribution in [0.25, 0.3) is 11.7 Å². The molecule has 2 amide bonds. The summed E-state index contributed by atoms with van der Waals surface area (Å²) in [5.74, 6) is 1.55. The lowest BCUT2D eigenvalue weighted by Gasteiger charge is -2.29. The molecule has 3 aromatic rings. The van der Waals surface area contributed by atoms with Crippen molar-refractivity contribution in [3.8, 4) is 11.7 Å². The summed E-state index contributed by atoms with van der Waals surface area (Å²) in [5, 5.41) is 13.8. The molecule has 9 nitrogen and oxygen atoms in total. The molecule has 0 atom stereocenters. The van der Waals surface area contributed by atoms with Gasteiger partial charge in [-0.05, 0) is 62.3 Å². The first-order valence-electron chi connectivity index (χ1n) is 9.84. The van der Waals surface area contributed by atoms with Crippen molar-refractivity contribution < 1.29 is 18.4 Å². The van der Waals surface area contributed by atoms with Crippen LogP contribution in [0.4, 0.5) is 11.4 Å². The van der Waals surface area contributed by atoms with Gasteiger partial charge in [-0.1, -0.05) is 0 Å². The highest BCUT2D eigenvalue weighted by molar-refractivity contribution is 5.93. The van der Waals surface area contributed by atoms with E-state index in [1.165, 1.54) is 6.92 Å². The molecule has 4 rings (SSSR count). The van der Waals surface area contributed by atoms with Crippen LogP contribution in [0.2, 0.25) is 0 Å². The highest BCUT2D eigenvalue weighted by Crippen LogP contribution is 2.29. The molecule has 1 saturated heterocycles. The predicted molar refractivity (Wildman–Crippen MR) is 110 cm³/mol. The van der Waals surface area contributed by atoms with Crippen LogP contribution in [0.3, 0.4) is 0 Å². The molecule has 0 saturated carbocycles. The molecule has 0 unspecified atom stereocenters. The van der Waals surface area contributed by atoms with Crippen molar-refractivity contribution in [2.45, 2.75) is 25.7 Å². The topological polar surface area (TPSA) is 114 Å². The van der Waals surface area contributed by atoms with Crippen molar-refractivity contribution in [1.29, 1.82) is 0 Å². The van der Waals surface area contributed by atoms with Crippen molar-refractivity contribution in [2.24, 2.45) is 0 Å². The van der Waals surface area contributed by atoms with Crippen LogP contribution < -0.4 is 10.6 Å². The number of anilines is 2.